The third kappa shape index (κ3) is 2.45. The van der Waals surface area contributed by atoms with Gasteiger partial charge in [0.25, 0.3) is 0 Å². The lowest BCUT2D eigenvalue weighted by molar-refractivity contribution is -0.136. The average Bonchev–Trinajstić information content (AvgIpc) is 2.15. The summed E-state index contributed by atoms with van der Waals surface area (Å²) in [5.74, 6) is -0.979. The highest BCUT2D eigenvalue weighted by atomic mass is 19.1. The molecule has 1 rings (SSSR count). The number of rotatable bonds is 4. The normalized spacial score (nSPS) is 9.86. The van der Waals surface area contributed by atoms with Gasteiger partial charge in [-0.05, 0) is 18.6 Å². The van der Waals surface area contributed by atoms with Gasteiger partial charge in [-0.15, -0.1) is 0 Å². The fraction of sp³-hybridized carbons (Fsp3) is 0.300. The van der Waals surface area contributed by atoms with Crippen LogP contribution in [0.5, 0.6) is 5.75 Å². The predicted octanol–water partition coefficient (Wildman–Crippen LogP) is 1.85. The Labute approximate surface area is 81.1 Å². The summed E-state index contributed by atoms with van der Waals surface area (Å²) in [7, 11) is 1.43. The lowest BCUT2D eigenvalue weighted by Gasteiger charge is -2.07. The van der Waals surface area contributed by atoms with E-state index in [0.29, 0.717) is 11.3 Å². The molecule has 0 aromatic heterocycles. The second kappa shape index (κ2) is 4.60. The first kappa shape index (κ1) is 10.5. The number of benzene rings is 1. The first-order valence-electron chi connectivity index (χ1n) is 4.18. The molecule has 0 heterocycles. The molecule has 0 atom stereocenters. The summed E-state index contributed by atoms with van der Waals surface area (Å²) >= 11 is 0. The lowest BCUT2D eigenvalue weighted by Crippen LogP contribution is -2.01. The van der Waals surface area contributed by atoms with Crippen molar-refractivity contribution >= 4 is 5.97 Å². The number of carboxylic acids is 1. The molecule has 0 fully saturated rings. The second-order valence-corrected chi connectivity index (χ2v) is 2.81. The number of hydrogen-bond donors (Lipinski definition) is 1. The Hall–Kier alpha value is -1.58. The van der Waals surface area contributed by atoms with Crippen molar-refractivity contribution in [3.05, 3.63) is 29.6 Å². The van der Waals surface area contributed by atoms with E-state index in [0.717, 1.165) is 0 Å². The molecule has 76 valence electrons. The maximum atomic E-state index is 13.2. The summed E-state index contributed by atoms with van der Waals surface area (Å²) in [5, 5.41) is 8.47. The Bertz CT molecular complexity index is 336. The average molecular weight is 198 g/mol. The molecular weight excluding hydrogens is 187 g/mol. The Balaban J connectivity index is 2.87. The molecule has 0 saturated heterocycles. The van der Waals surface area contributed by atoms with Crippen LogP contribution in [0.3, 0.4) is 0 Å². The number of aliphatic carboxylic acids is 1. The molecule has 14 heavy (non-hydrogen) atoms. The summed E-state index contributed by atoms with van der Waals surface area (Å²) in [6.07, 6.45) is 0.0441. The van der Waals surface area contributed by atoms with Crippen LogP contribution in [0, 0.1) is 5.82 Å². The van der Waals surface area contributed by atoms with Crippen LogP contribution in [-0.4, -0.2) is 18.2 Å². The van der Waals surface area contributed by atoms with Gasteiger partial charge in [0.05, 0.1) is 7.11 Å². The standard InChI is InChI=1S/C10H11FO3/c1-14-9-4-2-3-8(11)7(9)5-6-10(12)13/h2-4H,5-6H2,1H3,(H,12,13). The van der Waals surface area contributed by atoms with Gasteiger partial charge in [-0.25, -0.2) is 4.39 Å². The van der Waals surface area contributed by atoms with E-state index in [-0.39, 0.29) is 12.8 Å². The minimum absolute atomic E-state index is 0.0999. The maximum Gasteiger partial charge on any atom is 0.303 e. The molecule has 0 amide bonds. The van der Waals surface area contributed by atoms with Crippen molar-refractivity contribution in [2.24, 2.45) is 0 Å². The number of methoxy groups -OCH3 is 1. The van der Waals surface area contributed by atoms with Gasteiger partial charge in [-0.2, -0.15) is 0 Å². The van der Waals surface area contributed by atoms with E-state index in [4.69, 9.17) is 9.84 Å². The largest absolute Gasteiger partial charge is 0.496 e. The Morgan fingerprint density at radius 1 is 1.57 bits per heavy atom. The zero-order valence-corrected chi connectivity index (χ0v) is 7.79. The molecule has 0 radical (unpaired) electrons. The molecule has 0 saturated carbocycles. The van der Waals surface area contributed by atoms with Crippen molar-refractivity contribution in [3.63, 3.8) is 0 Å². The van der Waals surface area contributed by atoms with Gasteiger partial charge >= 0.3 is 5.97 Å². The molecule has 4 heteroatoms. The molecule has 1 N–H and O–H groups in total. The summed E-state index contributed by atoms with van der Waals surface area (Å²) in [6, 6.07) is 4.43. The predicted molar refractivity (Wildman–Crippen MR) is 48.9 cm³/mol. The van der Waals surface area contributed by atoms with Crippen LogP contribution in [0.2, 0.25) is 0 Å². The number of halogens is 1. The van der Waals surface area contributed by atoms with Crippen molar-refractivity contribution < 1.29 is 19.0 Å². The van der Waals surface area contributed by atoms with Crippen LogP contribution in [-0.2, 0) is 11.2 Å². The van der Waals surface area contributed by atoms with Crippen molar-refractivity contribution in [1.29, 1.82) is 0 Å². The van der Waals surface area contributed by atoms with Gasteiger partial charge in [-0.1, -0.05) is 6.07 Å². The quantitative estimate of drug-likeness (QED) is 0.803. The molecule has 0 aliphatic rings. The van der Waals surface area contributed by atoms with Crippen LogP contribution < -0.4 is 4.74 Å². The third-order valence-electron chi connectivity index (χ3n) is 1.88. The summed E-state index contributed by atoms with van der Waals surface area (Å²) in [4.78, 5) is 10.3. The topological polar surface area (TPSA) is 46.5 Å². The van der Waals surface area contributed by atoms with Gasteiger partial charge in [-0.3, -0.25) is 4.79 Å². The Kier molecular flexibility index (Phi) is 3.45. The summed E-state index contributed by atoms with van der Waals surface area (Å²) < 4.78 is 18.1. The van der Waals surface area contributed by atoms with Crippen molar-refractivity contribution in [2.45, 2.75) is 12.8 Å². The fourth-order valence-corrected chi connectivity index (χ4v) is 1.20. The molecule has 1 aromatic carbocycles. The highest BCUT2D eigenvalue weighted by molar-refractivity contribution is 5.67. The fourth-order valence-electron chi connectivity index (χ4n) is 1.20. The van der Waals surface area contributed by atoms with E-state index >= 15 is 0 Å². The van der Waals surface area contributed by atoms with Gasteiger partial charge < -0.3 is 9.84 Å². The van der Waals surface area contributed by atoms with E-state index in [1.54, 1.807) is 6.07 Å². The highest BCUT2D eigenvalue weighted by Crippen LogP contribution is 2.22. The minimum atomic E-state index is -0.949. The number of ether oxygens (including phenoxy) is 1. The first-order chi connectivity index (χ1) is 6.65. The van der Waals surface area contributed by atoms with Gasteiger partial charge in [0.1, 0.15) is 11.6 Å². The van der Waals surface area contributed by atoms with Crippen molar-refractivity contribution in [1.82, 2.24) is 0 Å². The van der Waals surface area contributed by atoms with Gasteiger partial charge in [0, 0.05) is 12.0 Å². The van der Waals surface area contributed by atoms with Crippen LogP contribution in [0.4, 0.5) is 4.39 Å². The Morgan fingerprint density at radius 2 is 2.29 bits per heavy atom. The molecule has 0 spiro atoms. The zero-order chi connectivity index (χ0) is 10.6. The van der Waals surface area contributed by atoms with E-state index < -0.39 is 11.8 Å². The third-order valence-corrected chi connectivity index (χ3v) is 1.88. The Morgan fingerprint density at radius 3 is 2.86 bits per heavy atom. The second-order valence-electron chi connectivity index (χ2n) is 2.81. The van der Waals surface area contributed by atoms with E-state index in [1.807, 2.05) is 0 Å². The van der Waals surface area contributed by atoms with Gasteiger partial charge in [0.15, 0.2) is 0 Å². The van der Waals surface area contributed by atoms with Crippen molar-refractivity contribution in [3.8, 4) is 5.75 Å². The van der Waals surface area contributed by atoms with E-state index in [1.165, 1.54) is 19.2 Å². The monoisotopic (exact) mass is 198 g/mol. The zero-order valence-electron chi connectivity index (χ0n) is 7.79. The van der Waals surface area contributed by atoms with Gasteiger partial charge in [0.2, 0.25) is 0 Å². The van der Waals surface area contributed by atoms with Crippen molar-refractivity contribution in [2.75, 3.05) is 7.11 Å². The maximum absolute atomic E-state index is 13.2. The smallest absolute Gasteiger partial charge is 0.303 e. The van der Waals surface area contributed by atoms with Crippen LogP contribution >= 0.6 is 0 Å². The number of carbonyl (C=O) groups is 1. The summed E-state index contributed by atoms with van der Waals surface area (Å²) in [5.41, 5.74) is 0.317. The molecule has 3 nitrogen and oxygen atoms in total. The van der Waals surface area contributed by atoms with Crippen LogP contribution in [0.15, 0.2) is 18.2 Å². The van der Waals surface area contributed by atoms with Crippen LogP contribution in [0.1, 0.15) is 12.0 Å². The molecule has 0 aliphatic heterocycles. The molecule has 0 aliphatic carbocycles. The molecule has 0 bridgehead atoms. The molecule has 0 unspecified atom stereocenters. The highest BCUT2D eigenvalue weighted by Gasteiger charge is 2.10. The molecule has 1 aromatic rings. The SMILES string of the molecule is COc1cccc(F)c1CCC(=O)O. The first-order valence-corrected chi connectivity index (χ1v) is 4.18. The van der Waals surface area contributed by atoms with E-state index in [9.17, 15) is 9.18 Å². The minimum Gasteiger partial charge on any atom is -0.496 e. The number of carboxylic acid groups (broad SMARTS) is 1. The van der Waals surface area contributed by atoms with E-state index in [2.05, 4.69) is 0 Å². The number of hydrogen-bond acceptors (Lipinski definition) is 2. The molecular formula is C10H11FO3. The summed E-state index contributed by atoms with van der Waals surface area (Å²) in [6.45, 7) is 0. The van der Waals surface area contributed by atoms with Crippen LogP contribution in [0.25, 0.3) is 0 Å². The lowest BCUT2D eigenvalue weighted by atomic mass is 10.1.